The number of hydrogen-bond donors (Lipinski definition) is 0. The van der Waals surface area contributed by atoms with E-state index in [4.69, 9.17) is 9.47 Å². The fourth-order valence-electron chi connectivity index (χ4n) is 1.30. The SMILES string of the molecule is CC1=C(C(C)C)OC(C)(C)O1. The lowest BCUT2D eigenvalue weighted by molar-refractivity contribution is -0.125. The molecule has 0 unspecified atom stereocenters. The highest BCUT2D eigenvalue weighted by Gasteiger charge is 2.32. The number of hydrogen-bond acceptors (Lipinski definition) is 2. The molecule has 0 aromatic rings. The first-order valence-electron chi connectivity index (χ1n) is 4.01. The molecular formula is C9H16O2. The van der Waals surface area contributed by atoms with Gasteiger partial charge in [0.05, 0.1) is 0 Å². The van der Waals surface area contributed by atoms with Crippen LogP contribution in [0.1, 0.15) is 34.6 Å². The first kappa shape index (κ1) is 8.44. The second kappa shape index (κ2) is 2.43. The maximum absolute atomic E-state index is 5.58. The fourth-order valence-corrected chi connectivity index (χ4v) is 1.30. The molecule has 1 aliphatic heterocycles. The average Bonchev–Trinajstić information content (AvgIpc) is 2.05. The Morgan fingerprint density at radius 2 is 1.73 bits per heavy atom. The zero-order chi connectivity index (χ0) is 8.65. The summed E-state index contributed by atoms with van der Waals surface area (Å²) in [5, 5.41) is 0. The second-order valence-corrected chi connectivity index (χ2v) is 3.68. The van der Waals surface area contributed by atoms with E-state index in [0.29, 0.717) is 5.92 Å². The minimum atomic E-state index is -0.455. The highest BCUT2D eigenvalue weighted by molar-refractivity contribution is 5.07. The Kier molecular flexibility index (Phi) is 1.87. The van der Waals surface area contributed by atoms with Gasteiger partial charge in [0.25, 0.3) is 0 Å². The van der Waals surface area contributed by atoms with Crippen LogP contribution in [0.2, 0.25) is 0 Å². The molecule has 0 spiro atoms. The van der Waals surface area contributed by atoms with Crippen molar-refractivity contribution < 1.29 is 9.47 Å². The quantitative estimate of drug-likeness (QED) is 0.581. The zero-order valence-electron chi connectivity index (χ0n) is 7.89. The van der Waals surface area contributed by atoms with E-state index in [1.54, 1.807) is 0 Å². The van der Waals surface area contributed by atoms with Gasteiger partial charge >= 0.3 is 0 Å². The third-order valence-corrected chi connectivity index (χ3v) is 1.63. The molecule has 1 aliphatic rings. The van der Waals surface area contributed by atoms with E-state index in [-0.39, 0.29) is 0 Å². The third kappa shape index (κ3) is 1.67. The van der Waals surface area contributed by atoms with Gasteiger partial charge in [-0.3, -0.25) is 0 Å². The van der Waals surface area contributed by atoms with Crippen LogP contribution in [0.25, 0.3) is 0 Å². The van der Waals surface area contributed by atoms with E-state index in [1.165, 1.54) is 0 Å². The van der Waals surface area contributed by atoms with Gasteiger partial charge in [-0.25, -0.2) is 0 Å². The van der Waals surface area contributed by atoms with Gasteiger partial charge in [0, 0.05) is 19.8 Å². The van der Waals surface area contributed by atoms with Crippen LogP contribution in [0.15, 0.2) is 11.5 Å². The molecule has 11 heavy (non-hydrogen) atoms. The molecule has 0 amide bonds. The van der Waals surface area contributed by atoms with Crippen LogP contribution < -0.4 is 0 Å². The van der Waals surface area contributed by atoms with E-state index in [9.17, 15) is 0 Å². The summed E-state index contributed by atoms with van der Waals surface area (Å²) in [5.41, 5.74) is 0. The first-order valence-corrected chi connectivity index (χ1v) is 4.01. The third-order valence-electron chi connectivity index (χ3n) is 1.63. The predicted molar refractivity (Wildman–Crippen MR) is 43.8 cm³/mol. The predicted octanol–water partition coefficient (Wildman–Crippen LogP) is 2.66. The van der Waals surface area contributed by atoms with E-state index in [1.807, 2.05) is 20.8 Å². The van der Waals surface area contributed by atoms with Gasteiger partial charge in [-0.1, -0.05) is 13.8 Å². The topological polar surface area (TPSA) is 18.5 Å². The van der Waals surface area contributed by atoms with Crippen LogP contribution in [0, 0.1) is 5.92 Å². The maximum Gasteiger partial charge on any atom is 0.245 e. The van der Waals surface area contributed by atoms with Gasteiger partial charge in [-0.2, -0.15) is 0 Å². The molecule has 0 N–H and O–H groups in total. The molecule has 0 saturated carbocycles. The molecule has 1 rings (SSSR count). The summed E-state index contributed by atoms with van der Waals surface area (Å²) in [4.78, 5) is 0. The summed E-state index contributed by atoms with van der Waals surface area (Å²) in [6, 6.07) is 0. The van der Waals surface area contributed by atoms with Crippen molar-refractivity contribution in [1.82, 2.24) is 0 Å². The Morgan fingerprint density at radius 3 is 1.91 bits per heavy atom. The normalized spacial score (nSPS) is 22.0. The molecule has 0 aromatic heterocycles. The zero-order valence-corrected chi connectivity index (χ0v) is 7.89. The van der Waals surface area contributed by atoms with Crippen molar-refractivity contribution in [2.45, 2.75) is 40.4 Å². The van der Waals surface area contributed by atoms with Gasteiger partial charge in [0.1, 0.15) is 11.5 Å². The summed E-state index contributed by atoms with van der Waals surface area (Å²) < 4.78 is 11.1. The minimum absolute atomic E-state index is 0.414. The van der Waals surface area contributed by atoms with Crippen molar-refractivity contribution in [3.63, 3.8) is 0 Å². The van der Waals surface area contributed by atoms with Crippen molar-refractivity contribution >= 4 is 0 Å². The lowest BCUT2D eigenvalue weighted by Crippen LogP contribution is -2.21. The highest BCUT2D eigenvalue weighted by atomic mass is 16.7. The van der Waals surface area contributed by atoms with Crippen molar-refractivity contribution in [1.29, 1.82) is 0 Å². The molecule has 0 atom stereocenters. The van der Waals surface area contributed by atoms with Crippen LogP contribution in [0.4, 0.5) is 0 Å². The van der Waals surface area contributed by atoms with Crippen molar-refractivity contribution in [3.8, 4) is 0 Å². The standard InChI is InChI=1S/C9H16O2/c1-6(2)8-7(3)10-9(4,5)11-8/h6H,1-5H3. The monoisotopic (exact) mass is 156 g/mol. The lowest BCUT2D eigenvalue weighted by Gasteiger charge is -2.19. The number of ether oxygens (including phenoxy) is 2. The number of allylic oxidation sites excluding steroid dienone is 2. The Labute approximate surface area is 68.2 Å². The second-order valence-electron chi connectivity index (χ2n) is 3.68. The molecule has 0 bridgehead atoms. The molecule has 0 aromatic carbocycles. The first-order chi connectivity index (χ1) is 4.92. The summed E-state index contributed by atoms with van der Waals surface area (Å²) in [6.45, 7) is 10.00. The molecule has 0 fully saturated rings. The van der Waals surface area contributed by atoms with Crippen LogP contribution in [0.5, 0.6) is 0 Å². The van der Waals surface area contributed by atoms with Crippen LogP contribution >= 0.6 is 0 Å². The van der Waals surface area contributed by atoms with E-state index in [2.05, 4.69) is 13.8 Å². The van der Waals surface area contributed by atoms with Gasteiger partial charge < -0.3 is 9.47 Å². The van der Waals surface area contributed by atoms with Crippen molar-refractivity contribution in [3.05, 3.63) is 11.5 Å². The van der Waals surface area contributed by atoms with Crippen LogP contribution in [-0.2, 0) is 9.47 Å². The molecule has 0 saturated heterocycles. The van der Waals surface area contributed by atoms with Crippen molar-refractivity contribution in [2.75, 3.05) is 0 Å². The molecule has 0 radical (unpaired) electrons. The van der Waals surface area contributed by atoms with E-state index in [0.717, 1.165) is 11.5 Å². The van der Waals surface area contributed by atoms with Gasteiger partial charge in [0.15, 0.2) is 0 Å². The van der Waals surface area contributed by atoms with Crippen LogP contribution in [-0.4, -0.2) is 5.79 Å². The van der Waals surface area contributed by atoms with Crippen molar-refractivity contribution in [2.24, 2.45) is 5.92 Å². The number of rotatable bonds is 1. The Bertz CT molecular complexity index is 190. The van der Waals surface area contributed by atoms with Gasteiger partial charge in [-0.05, 0) is 6.92 Å². The largest absolute Gasteiger partial charge is 0.454 e. The minimum Gasteiger partial charge on any atom is -0.454 e. The summed E-state index contributed by atoms with van der Waals surface area (Å²) in [6.07, 6.45) is 0. The van der Waals surface area contributed by atoms with Gasteiger partial charge in [0.2, 0.25) is 5.79 Å². The molecule has 64 valence electrons. The molecule has 1 heterocycles. The highest BCUT2D eigenvalue weighted by Crippen LogP contribution is 2.33. The smallest absolute Gasteiger partial charge is 0.245 e. The van der Waals surface area contributed by atoms with E-state index >= 15 is 0 Å². The Hall–Kier alpha value is -0.660. The Balaban J connectivity index is 2.75. The molecular weight excluding hydrogens is 140 g/mol. The fraction of sp³-hybridized carbons (Fsp3) is 0.778. The summed E-state index contributed by atoms with van der Waals surface area (Å²) in [7, 11) is 0. The van der Waals surface area contributed by atoms with Gasteiger partial charge in [-0.15, -0.1) is 0 Å². The Morgan fingerprint density at radius 1 is 1.18 bits per heavy atom. The average molecular weight is 156 g/mol. The maximum atomic E-state index is 5.58. The summed E-state index contributed by atoms with van der Waals surface area (Å²) >= 11 is 0. The van der Waals surface area contributed by atoms with Crippen LogP contribution in [0.3, 0.4) is 0 Å². The molecule has 2 nitrogen and oxygen atoms in total. The lowest BCUT2D eigenvalue weighted by atomic mass is 10.1. The van der Waals surface area contributed by atoms with E-state index < -0.39 is 5.79 Å². The summed E-state index contributed by atoms with van der Waals surface area (Å²) in [5.74, 6) is 1.86. The molecule has 0 aliphatic carbocycles. The molecule has 2 heteroatoms.